The lowest BCUT2D eigenvalue weighted by Crippen LogP contribution is -2.40. The largest absolute Gasteiger partial charge is 0.465 e. The highest BCUT2D eigenvalue weighted by molar-refractivity contribution is 7.89. The lowest BCUT2D eigenvalue weighted by molar-refractivity contribution is 0.0598. The van der Waals surface area contributed by atoms with Crippen molar-refractivity contribution in [3.8, 4) is 0 Å². The molecule has 1 saturated carbocycles. The molecule has 0 amide bonds. The number of hydrogen-bond acceptors (Lipinski definition) is 7. The monoisotopic (exact) mass is 370 g/mol. The quantitative estimate of drug-likeness (QED) is 0.735. The Bertz CT molecular complexity index is 720. The number of methoxy groups -OCH3 is 2. The SMILES string of the molecule is COC(=O)c1cc(C(=O)OC)cc(S(=O)(=O)NC2CCC(N)CC2)c1. The van der Waals surface area contributed by atoms with Crippen LogP contribution in [0.3, 0.4) is 0 Å². The normalized spacial score (nSPS) is 20.8. The van der Waals surface area contributed by atoms with E-state index in [9.17, 15) is 18.0 Å². The number of nitrogens with one attached hydrogen (secondary N) is 1. The maximum atomic E-state index is 12.7. The van der Waals surface area contributed by atoms with E-state index in [1.54, 1.807) is 0 Å². The van der Waals surface area contributed by atoms with Gasteiger partial charge in [-0.05, 0) is 43.9 Å². The Balaban J connectivity index is 2.34. The van der Waals surface area contributed by atoms with E-state index in [0.29, 0.717) is 12.8 Å². The van der Waals surface area contributed by atoms with E-state index in [-0.39, 0.29) is 28.1 Å². The van der Waals surface area contributed by atoms with Gasteiger partial charge in [0.1, 0.15) is 0 Å². The standard InChI is InChI=1S/C16H22N2O6S/c1-23-15(19)10-7-11(16(20)24-2)9-14(8-10)25(21,22)18-13-5-3-12(17)4-6-13/h7-9,12-13,18H,3-6,17H2,1-2H3. The molecule has 0 aromatic heterocycles. The lowest BCUT2D eigenvalue weighted by Gasteiger charge is -2.26. The van der Waals surface area contributed by atoms with Crippen LogP contribution in [0.2, 0.25) is 0 Å². The van der Waals surface area contributed by atoms with E-state index in [2.05, 4.69) is 14.2 Å². The summed E-state index contributed by atoms with van der Waals surface area (Å²) in [5, 5.41) is 0. The fourth-order valence-corrected chi connectivity index (χ4v) is 4.12. The smallest absolute Gasteiger partial charge is 0.337 e. The Morgan fingerprint density at radius 3 is 1.92 bits per heavy atom. The first-order chi connectivity index (χ1) is 11.8. The Labute approximate surface area is 146 Å². The van der Waals surface area contributed by atoms with Crippen molar-refractivity contribution in [2.45, 2.75) is 42.7 Å². The number of ether oxygens (including phenoxy) is 2. The van der Waals surface area contributed by atoms with Crippen LogP contribution in [0.25, 0.3) is 0 Å². The summed E-state index contributed by atoms with van der Waals surface area (Å²) in [4.78, 5) is 23.4. The summed E-state index contributed by atoms with van der Waals surface area (Å²) in [6.07, 6.45) is 2.76. The summed E-state index contributed by atoms with van der Waals surface area (Å²) in [5.41, 5.74) is 5.74. The van der Waals surface area contributed by atoms with Crippen LogP contribution in [0.4, 0.5) is 0 Å². The third-order valence-electron chi connectivity index (χ3n) is 4.15. The molecule has 138 valence electrons. The molecule has 0 unspecified atom stereocenters. The molecule has 9 heteroatoms. The minimum atomic E-state index is -3.91. The summed E-state index contributed by atoms with van der Waals surface area (Å²) in [6, 6.07) is 3.45. The first kappa shape index (κ1) is 19.4. The van der Waals surface area contributed by atoms with Gasteiger partial charge in [0.05, 0.1) is 30.2 Å². The maximum absolute atomic E-state index is 12.7. The Morgan fingerprint density at radius 1 is 1.00 bits per heavy atom. The number of benzene rings is 1. The van der Waals surface area contributed by atoms with E-state index < -0.39 is 22.0 Å². The van der Waals surface area contributed by atoms with Crippen molar-refractivity contribution in [3.63, 3.8) is 0 Å². The zero-order valence-electron chi connectivity index (χ0n) is 14.2. The van der Waals surface area contributed by atoms with Crippen molar-refractivity contribution in [1.82, 2.24) is 4.72 Å². The average Bonchev–Trinajstić information content (AvgIpc) is 2.61. The van der Waals surface area contributed by atoms with Gasteiger partial charge in [0.2, 0.25) is 10.0 Å². The number of hydrogen-bond donors (Lipinski definition) is 2. The van der Waals surface area contributed by atoms with Crippen molar-refractivity contribution in [2.24, 2.45) is 5.73 Å². The second-order valence-corrected chi connectivity index (χ2v) is 7.68. The number of sulfonamides is 1. The molecule has 0 bridgehead atoms. The predicted octanol–water partition coefficient (Wildman–Crippen LogP) is 0.808. The first-order valence-electron chi connectivity index (χ1n) is 7.86. The van der Waals surface area contributed by atoms with Crippen molar-refractivity contribution >= 4 is 22.0 Å². The topological polar surface area (TPSA) is 125 Å². The predicted molar refractivity (Wildman–Crippen MR) is 89.7 cm³/mol. The van der Waals surface area contributed by atoms with Gasteiger partial charge in [0.25, 0.3) is 0 Å². The molecule has 3 N–H and O–H groups in total. The molecule has 8 nitrogen and oxygen atoms in total. The van der Waals surface area contributed by atoms with Gasteiger partial charge in [0, 0.05) is 12.1 Å². The molecular weight excluding hydrogens is 348 g/mol. The molecule has 0 atom stereocenters. The summed E-state index contributed by atoms with van der Waals surface area (Å²) >= 11 is 0. The van der Waals surface area contributed by atoms with E-state index >= 15 is 0 Å². The van der Waals surface area contributed by atoms with Crippen LogP contribution in [-0.4, -0.2) is 46.7 Å². The minimum Gasteiger partial charge on any atom is -0.465 e. The van der Waals surface area contributed by atoms with Gasteiger partial charge in [-0.15, -0.1) is 0 Å². The molecule has 1 aromatic rings. The Morgan fingerprint density at radius 2 is 1.48 bits per heavy atom. The third-order valence-corrected chi connectivity index (χ3v) is 5.65. The van der Waals surface area contributed by atoms with Crippen LogP contribution in [0.15, 0.2) is 23.1 Å². The minimum absolute atomic E-state index is 0.0450. The molecule has 1 aromatic carbocycles. The van der Waals surface area contributed by atoms with Gasteiger partial charge < -0.3 is 15.2 Å². The molecule has 0 aliphatic heterocycles. The van der Waals surface area contributed by atoms with Gasteiger partial charge in [-0.3, -0.25) is 0 Å². The molecule has 0 heterocycles. The highest BCUT2D eigenvalue weighted by Crippen LogP contribution is 2.21. The Hall–Kier alpha value is -1.97. The van der Waals surface area contributed by atoms with Crippen molar-refractivity contribution in [3.05, 3.63) is 29.3 Å². The molecule has 0 saturated heterocycles. The van der Waals surface area contributed by atoms with E-state index in [0.717, 1.165) is 12.8 Å². The van der Waals surface area contributed by atoms with Crippen molar-refractivity contribution < 1.29 is 27.5 Å². The van der Waals surface area contributed by atoms with Gasteiger partial charge >= 0.3 is 11.9 Å². The van der Waals surface area contributed by atoms with E-state index in [4.69, 9.17) is 5.73 Å². The van der Waals surface area contributed by atoms with E-state index in [1.807, 2.05) is 0 Å². The summed E-state index contributed by atoms with van der Waals surface area (Å²) in [5.74, 6) is -1.49. The third kappa shape index (κ3) is 4.77. The number of carbonyl (C=O) groups is 2. The molecule has 1 fully saturated rings. The second-order valence-electron chi connectivity index (χ2n) is 5.96. The van der Waals surface area contributed by atoms with Crippen LogP contribution >= 0.6 is 0 Å². The molecule has 2 rings (SSSR count). The van der Waals surface area contributed by atoms with Crippen molar-refractivity contribution in [2.75, 3.05) is 14.2 Å². The number of esters is 2. The summed E-state index contributed by atoms with van der Waals surface area (Å²) in [6.45, 7) is 0. The highest BCUT2D eigenvalue weighted by atomic mass is 32.2. The van der Waals surface area contributed by atoms with Gasteiger partial charge in [-0.2, -0.15) is 0 Å². The fraction of sp³-hybridized carbons (Fsp3) is 0.500. The van der Waals surface area contributed by atoms with Gasteiger partial charge in [0.15, 0.2) is 0 Å². The molecule has 25 heavy (non-hydrogen) atoms. The van der Waals surface area contributed by atoms with Crippen LogP contribution < -0.4 is 10.5 Å². The molecule has 1 aliphatic rings. The van der Waals surface area contributed by atoms with Crippen LogP contribution in [0.1, 0.15) is 46.4 Å². The molecule has 0 spiro atoms. The summed E-state index contributed by atoms with van der Waals surface area (Å²) in [7, 11) is -1.57. The number of rotatable bonds is 5. The number of carbonyl (C=O) groups excluding carboxylic acids is 2. The first-order valence-corrected chi connectivity index (χ1v) is 9.34. The zero-order valence-corrected chi connectivity index (χ0v) is 15.0. The molecular formula is C16H22N2O6S. The van der Waals surface area contributed by atoms with Crippen LogP contribution in [0.5, 0.6) is 0 Å². The Kier molecular flexibility index (Phi) is 6.15. The van der Waals surface area contributed by atoms with Crippen molar-refractivity contribution in [1.29, 1.82) is 0 Å². The van der Waals surface area contributed by atoms with E-state index in [1.165, 1.54) is 32.4 Å². The lowest BCUT2D eigenvalue weighted by atomic mass is 9.93. The second kappa shape index (κ2) is 7.94. The van der Waals surface area contributed by atoms with Crippen LogP contribution in [-0.2, 0) is 19.5 Å². The summed E-state index contributed by atoms with van der Waals surface area (Å²) < 4.78 is 37.2. The highest BCUT2D eigenvalue weighted by Gasteiger charge is 2.26. The molecule has 0 radical (unpaired) electrons. The fourth-order valence-electron chi connectivity index (χ4n) is 2.75. The average molecular weight is 370 g/mol. The van der Waals surface area contributed by atoms with Crippen LogP contribution in [0, 0.1) is 0 Å². The van der Waals surface area contributed by atoms with Gasteiger partial charge in [-0.1, -0.05) is 0 Å². The number of nitrogens with two attached hydrogens (primary N) is 1. The van der Waals surface area contributed by atoms with Gasteiger partial charge in [-0.25, -0.2) is 22.7 Å². The zero-order chi connectivity index (χ0) is 18.6. The molecule has 1 aliphatic carbocycles. The maximum Gasteiger partial charge on any atom is 0.337 e.